The normalized spacial score (nSPS) is 26.0. The number of ether oxygens (including phenoxy) is 1. The predicted molar refractivity (Wildman–Crippen MR) is 95.4 cm³/mol. The summed E-state index contributed by atoms with van der Waals surface area (Å²) >= 11 is 0. The summed E-state index contributed by atoms with van der Waals surface area (Å²) in [6.45, 7) is 0.432. The molecule has 3 N–H and O–H groups in total. The Bertz CT molecular complexity index is 606. The highest BCUT2D eigenvalue weighted by molar-refractivity contribution is 5.92. The maximum Gasteiger partial charge on any atom is 0.270 e. The number of hydrogen-bond donors (Lipinski definition) is 3. The Kier molecular flexibility index (Phi) is 6.57. The molecule has 3 rings (SSSR count). The van der Waals surface area contributed by atoms with Crippen LogP contribution in [0.25, 0.3) is 0 Å². The van der Waals surface area contributed by atoms with Gasteiger partial charge in [0.2, 0.25) is 5.91 Å². The molecular formula is C19H27N3O4. The molecule has 1 aromatic heterocycles. The lowest BCUT2D eigenvalue weighted by molar-refractivity contribution is -0.127. The second-order valence-electron chi connectivity index (χ2n) is 7.06. The maximum atomic E-state index is 12.2. The van der Waals surface area contributed by atoms with Crippen LogP contribution in [0, 0.1) is 5.92 Å². The fourth-order valence-electron chi connectivity index (χ4n) is 3.42. The van der Waals surface area contributed by atoms with E-state index in [2.05, 4.69) is 15.6 Å². The van der Waals surface area contributed by atoms with Crippen LogP contribution in [0.15, 0.2) is 24.4 Å². The third kappa shape index (κ3) is 4.80. The van der Waals surface area contributed by atoms with Crippen LogP contribution in [0.5, 0.6) is 0 Å². The number of carbonyl (C=O) groups excluding carboxylic acids is 2. The van der Waals surface area contributed by atoms with Crippen molar-refractivity contribution in [3.05, 3.63) is 30.1 Å². The summed E-state index contributed by atoms with van der Waals surface area (Å²) in [5.41, 5.74) is 0.352. The zero-order chi connectivity index (χ0) is 18.4. The minimum atomic E-state index is -0.441. The first-order chi connectivity index (χ1) is 12.7. The van der Waals surface area contributed by atoms with E-state index in [1.165, 1.54) is 0 Å². The van der Waals surface area contributed by atoms with Crippen LogP contribution in [0.3, 0.4) is 0 Å². The monoisotopic (exact) mass is 361 g/mol. The summed E-state index contributed by atoms with van der Waals surface area (Å²) in [5, 5.41) is 15.5. The van der Waals surface area contributed by atoms with Crippen LogP contribution >= 0.6 is 0 Å². The summed E-state index contributed by atoms with van der Waals surface area (Å²) in [7, 11) is 0. The minimum absolute atomic E-state index is 0.0168. The van der Waals surface area contributed by atoms with Crippen LogP contribution in [-0.2, 0) is 9.53 Å². The highest BCUT2D eigenvalue weighted by atomic mass is 16.5. The summed E-state index contributed by atoms with van der Waals surface area (Å²) < 4.78 is 5.93. The van der Waals surface area contributed by atoms with Crippen molar-refractivity contribution in [3.63, 3.8) is 0 Å². The smallest absolute Gasteiger partial charge is 0.270 e. The standard InChI is InChI=1S/C19H27N3O4/c23-12-17-15(22-19(25)16-6-1-2-10-20-16)8-7-14(26-17)9-11-21-18(24)13-4-3-5-13/h1-2,6,10,13-15,17,23H,3-5,7-9,11-12H2,(H,21,24)(H,22,25)/t14-,15-,17-/m1/s1. The lowest BCUT2D eigenvalue weighted by atomic mass is 9.85. The van der Waals surface area contributed by atoms with Gasteiger partial charge < -0.3 is 20.5 Å². The van der Waals surface area contributed by atoms with Gasteiger partial charge in [-0.1, -0.05) is 12.5 Å². The lowest BCUT2D eigenvalue weighted by Crippen LogP contribution is -2.51. The molecule has 26 heavy (non-hydrogen) atoms. The first kappa shape index (κ1) is 18.8. The first-order valence-corrected chi connectivity index (χ1v) is 9.43. The number of rotatable bonds is 7. The zero-order valence-electron chi connectivity index (χ0n) is 14.9. The van der Waals surface area contributed by atoms with Crippen LogP contribution in [0.4, 0.5) is 0 Å². The van der Waals surface area contributed by atoms with Gasteiger partial charge in [-0.15, -0.1) is 0 Å². The molecule has 7 nitrogen and oxygen atoms in total. The van der Waals surface area contributed by atoms with Gasteiger partial charge in [-0.05, 0) is 44.2 Å². The molecule has 2 fully saturated rings. The number of hydrogen-bond acceptors (Lipinski definition) is 5. The third-order valence-electron chi connectivity index (χ3n) is 5.25. The lowest BCUT2D eigenvalue weighted by Gasteiger charge is -2.36. The third-order valence-corrected chi connectivity index (χ3v) is 5.25. The number of aliphatic hydroxyl groups is 1. The highest BCUT2D eigenvalue weighted by Crippen LogP contribution is 2.26. The van der Waals surface area contributed by atoms with E-state index >= 15 is 0 Å². The van der Waals surface area contributed by atoms with Crippen molar-refractivity contribution in [1.82, 2.24) is 15.6 Å². The molecule has 0 unspecified atom stereocenters. The molecule has 142 valence electrons. The fourth-order valence-corrected chi connectivity index (χ4v) is 3.42. The van der Waals surface area contributed by atoms with Gasteiger partial charge in [-0.2, -0.15) is 0 Å². The Hall–Kier alpha value is -1.99. The Morgan fingerprint density at radius 3 is 2.73 bits per heavy atom. The van der Waals surface area contributed by atoms with Crippen molar-refractivity contribution in [2.75, 3.05) is 13.2 Å². The molecule has 0 bridgehead atoms. The number of nitrogens with zero attached hydrogens (tertiary/aromatic N) is 1. The first-order valence-electron chi connectivity index (χ1n) is 9.43. The van der Waals surface area contributed by atoms with E-state index in [1.807, 2.05) is 0 Å². The van der Waals surface area contributed by atoms with Crippen molar-refractivity contribution in [2.45, 2.75) is 56.8 Å². The van der Waals surface area contributed by atoms with E-state index in [0.717, 1.165) is 38.5 Å². The molecule has 1 aliphatic carbocycles. The van der Waals surface area contributed by atoms with E-state index in [4.69, 9.17) is 4.74 Å². The molecule has 2 amide bonds. The number of aliphatic hydroxyl groups excluding tert-OH is 1. The molecule has 2 aliphatic rings. The number of carbonyl (C=O) groups is 2. The van der Waals surface area contributed by atoms with Gasteiger partial charge in [-0.25, -0.2) is 0 Å². The molecule has 1 aliphatic heterocycles. The molecular weight excluding hydrogens is 334 g/mol. The van der Waals surface area contributed by atoms with Crippen LogP contribution in [0.2, 0.25) is 0 Å². The number of nitrogens with one attached hydrogen (secondary N) is 2. The summed E-state index contributed by atoms with van der Waals surface area (Å²) in [6, 6.07) is 4.93. The zero-order valence-corrected chi connectivity index (χ0v) is 14.9. The number of aromatic nitrogens is 1. The topological polar surface area (TPSA) is 101 Å². The highest BCUT2D eigenvalue weighted by Gasteiger charge is 2.32. The second-order valence-corrected chi connectivity index (χ2v) is 7.06. The van der Waals surface area contributed by atoms with Crippen molar-refractivity contribution >= 4 is 11.8 Å². The molecule has 3 atom stereocenters. The van der Waals surface area contributed by atoms with Gasteiger partial charge >= 0.3 is 0 Å². The molecule has 0 radical (unpaired) electrons. The molecule has 0 spiro atoms. The predicted octanol–water partition coefficient (Wildman–Crippen LogP) is 1.03. The van der Waals surface area contributed by atoms with Crippen LogP contribution in [0.1, 0.15) is 49.0 Å². The van der Waals surface area contributed by atoms with Crippen molar-refractivity contribution < 1.29 is 19.4 Å². The van der Waals surface area contributed by atoms with Crippen molar-refractivity contribution in [2.24, 2.45) is 5.92 Å². The Balaban J connectivity index is 1.43. The Labute approximate surface area is 153 Å². The molecule has 1 aromatic rings. The SMILES string of the molecule is O=C(N[C@@H]1CC[C@H](CCNC(=O)C2CCC2)O[C@@H]1CO)c1ccccn1. The summed E-state index contributed by atoms with van der Waals surface area (Å²) in [5.74, 6) is 0.0776. The van der Waals surface area contributed by atoms with Crippen LogP contribution < -0.4 is 10.6 Å². The van der Waals surface area contributed by atoms with Gasteiger partial charge in [0.15, 0.2) is 0 Å². The quantitative estimate of drug-likeness (QED) is 0.673. The summed E-state index contributed by atoms with van der Waals surface area (Å²) in [4.78, 5) is 28.1. The molecule has 0 aromatic carbocycles. The molecule has 2 heterocycles. The van der Waals surface area contributed by atoms with Gasteiger partial charge in [0, 0.05) is 18.7 Å². The maximum absolute atomic E-state index is 12.2. The summed E-state index contributed by atoms with van der Waals surface area (Å²) in [6.07, 6.45) is 6.48. The molecule has 1 saturated carbocycles. The van der Waals surface area contributed by atoms with E-state index in [0.29, 0.717) is 12.2 Å². The second kappa shape index (κ2) is 9.09. The fraction of sp³-hybridized carbons (Fsp3) is 0.632. The molecule has 7 heteroatoms. The largest absolute Gasteiger partial charge is 0.394 e. The van der Waals surface area contributed by atoms with E-state index in [1.54, 1.807) is 24.4 Å². The Morgan fingerprint density at radius 2 is 2.08 bits per heavy atom. The molecule has 1 saturated heterocycles. The van der Waals surface area contributed by atoms with E-state index < -0.39 is 6.10 Å². The average molecular weight is 361 g/mol. The van der Waals surface area contributed by atoms with E-state index in [-0.39, 0.29) is 36.5 Å². The van der Waals surface area contributed by atoms with Gasteiger partial charge in [0.1, 0.15) is 11.8 Å². The Morgan fingerprint density at radius 1 is 1.23 bits per heavy atom. The van der Waals surface area contributed by atoms with Gasteiger partial charge in [-0.3, -0.25) is 14.6 Å². The van der Waals surface area contributed by atoms with E-state index in [9.17, 15) is 14.7 Å². The van der Waals surface area contributed by atoms with Crippen LogP contribution in [-0.4, -0.2) is 53.3 Å². The minimum Gasteiger partial charge on any atom is -0.394 e. The van der Waals surface area contributed by atoms with Gasteiger partial charge in [0.25, 0.3) is 5.91 Å². The number of pyridine rings is 1. The van der Waals surface area contributed by atoms with Gasteiger partial charge in [0.05, 0.1) is 18.8 Å². The van der Waals surface area contributed by atoms with Crippen molar-refractivity contribution in [3.8, 4) is 0 Å². The average Bonchev–Trinajstić information content (AvgIpc) is 2.62. The van der Waals surface area contributed by atoms with Crippen molar-refractivity contribution in [1.29, 1.82) is 0 Å². The number of amides is 2.